The van der Waals surface area contributed by atoms with E-state index in [9.17, 15) is 18.0 Å². The maximum absolute atomic E-state index is 14.8. The molecule has 1 aromatic carbocycles. The minimum absolute atomic E-state index is 0.0167. The number of carbonyl (C=O) groups is 1. The van der Waals surface area contributed by atoms with Crippen LogP contribution in [0.2, 0.25) is 0 Å². The molecular weight excluding hydrogens is 507 g/mol. The summed E-state index contributed by atoms with van der Waals surface area (Å²) in [5.74, 6) is -4.72. The second-order valence-corrected chi connectivity index (χ2v) is 11.1. The minimum atomic E-state index is -2.86. The van der Waals surface area contributed by atoms with Crippen LogP contribution in [0.25, 0.3) is 0 Å². The summed E-state index contributed by atoms with van der Waals surface area (Å²) in [6, 6.07) is 13.0. The van der Waals surface area contributed by atoms with Crippen molar-refractivity contribution in [2.75, 3.05) is 23.3 Å². The first-order valence-electron chi connectivity index (χ1n) is 13.0. The van der Waals surface area contributed by atoms with Crippen molar-refractivity contribution in [1.82, 2.24) is 25.0 Å². The highest BCUT2D eigenvalue weighted by Crippen LogP contribution is 2.67. The number of halogens is 3. The molecule has 8 nitrogen and oxygen atoms in total. The van der Waals surface area contributed by atoms with E-state index < -0.39 is 29.1 Å². The van der Waals surface area contributed by atoms with Crippen molar-refractivity contribution in [3.05, 3.63) is 89.5 Å². The average molecular weight is 534 g/mol. The van der Waals surface area contributed by atoms with Gasteiger partial charge >= 0.3 is 0 Å². The summed E-state index contributed by atoms with van der Waals surface area (Å²) in [6.07, 6.45) is 5.27. The molecule has 1 amide bonds. The number of aromatic nitrogens is 5. The molecule has 200 valence electrons. The van der Waals surface area contributed by atoms with Crippen molar-refractivity contribution in [3.8, 4) is 0 Å². The lowest BCUT2D eigenvalue weighted by Gasteiger charge is -2.56. The van der Waals surface area contributed by atoms with Crippen LogP contribution < -0.4 is 10.2 Å². The van der Waals surface area contributed by atoms with Gasteiger partial charge in [-0.05, 0) is 18.1 Å². The first-order valence-corrected chi connectivity index (χ1v) is 13.0. The van der Waals surface area contributed by atoms with Crippen molar-refractivity contribution >= 4 is 17.3 Å². The van der Waals surface area contributed by atoms with E-state index in [1.165, 1.54) is 12.3 Å². The fourth-order valence-electron chi connectivity index (χ4n) is 6.49. The van der Waals surface area contributed by atoms with Gasteiger partial charge in [0.25, 0.3) is 11.8 Å². The van der Waals surface area contributed by atoms with Gasteiger partial charge in [-0.15, -0.1) is 0 Å². The van der Waals surface area contributed by atoms with Crippen molar-refractivity contribution in [2.45, 2.75) is 37.6 Å². The molecule has 1 aliphatic heterocycles. The van der Waals surface area contributed by atoms with Crippen LogP contribution in [0.5, 0.6) is 0 Å². The molecule has 1 saturated carbocycles. The molecule has 0 radical (unpaired) electrons. The molecule has 1 unspecified atom stereocenters. The number of H-pyrrole nitrogens is 1. The molecular formula is C28H26F3N7O. The van der Waals surface area contributed by atoms with Gasteiger partial charge in [0, 0.05) is 66.2 Å². The zero-order valence-electron chi connectivity index (χ0n) is 21.1. The fourth-order valence-corrected chi connectivity index (χ4v) is 6.49. The van der Waals surface area contributed by atoms with Gasteiger partial charge in [-0.25, -0.2) is 13.8 Å². The Bertz CT molecular complexity index is 1560. The van der Waals surface area contributed by atoms with Crippen LogP contribution in [-0.4, -0.2) is 49.9 Å². The topological polar surface area (TPSA) is 91.7 Å². The van der Waals surface area contributed by atoms with Crippen LogP contribution in [0, 0.1) is 17.3 Å². The average Bonchev–Trinajstić information content (AvgIpc) is 3.53. The Morgan fingerprint density at radius 3 is 2.74 bits per heavy atom. The van der Waals surface area contributed by atoms with E-state index in [0.29, 0.717) is 36.5 Å². The Kier molecular flexibility index (Phi) is 5.17. The Labute approximate surface area is 222 Å². The number of pyridine rings is 1. The fraction of sp³-hybridized carbons (Fsp3) is 0.357. The monoisotopic (exact) mass is 533 g/mol. The van der Waals surface area contributed by atoms with Gasteiger partial charge in [0.2, 0.25) is 5.95 Å². The van der Waals surface area contributed by atoms with Crippen LogP contribution in [0.4, 0.5) is 24.5 Å². The third kappa shape index (κ3) is 3.66. The number of amides is 1. The molecule has 4 heterocycles. The highest BCUT2D eigenvalue weighted by Gasteiger charge is 2.70. The third-order valence-corrected chi connectivity index (χ3v) is 8.63. The maximum Gasteiger partial charge on any atom is 0.276 e. The summed E-state index contributed by atoms with van der Waals surface area (Å²) in [5, 5.41) is 14.3. The summed E-state index contributed by atoms with van der Waals surface area (Å²) in [4.78, 5) is 18.9. The van der Waals surface area contributed by atoms with E-state index in [0.717, 1.165) is 11.3 Å². The third-order valence-electron chi connectivity index (χ3n) is 8.63. The van der Waals surface area contributed by atoms with E-state index in [1.807, 2.05) is 35.0 Å². The first kappa shape index (κ1) is 23.9. The molecule has 2 bridgehead atoms. The number of hydrogen-bond acceptors (Lipinski definition) is 5. The number of rotatable bonds is 6. The molecule has 4 aromatic rings. The summed E-state index contributed by atoms with van der Waals surface area (Å²) in [6.45, 7) is 2.97. The normalized spacial score (nSPS) is 23.9. The lowest BCUT2D eigenvalue weighted by molar-refractivity contribution is -0.221. The molecule has 0 spiro atoms. The minimum Gasteiger partial charge on any atom is -0.370 e. The summed E-state index contributed by atoms with van der Waals surface area (Å²) in [5.41, 5.74) is 2.17. The Balaban J connectivity index is 1.11. The SMILES string of the molecule is C[C@@]12Cc3[nH]nc(C(=O)Nc4cnn([C@H](c5ccccc5)C5CN(c6ccnc(F)c6)C5)c4)c3C(C1)C2(F)F. The number of benzene rings is 1. The van der Waals surface area contributed by atoms with Gasteiger partial charge in [0.15, 0.2) is 5.69 Å². The molecule has 2 N–H and O–H groups in total. The second kappa shape index (κ2) is 8.42. The molecule has 8 rings (SSSR count). The van der Waals surface area contributed by atoms with E-state index in [1.54, 1.807) is 25.4 Å². The molecule has 2 fully saturated rings. The maximum atomic E-state index is 14.8. The predicted molar refractivity (Wildman–Crippen MR) is 137 cm³/mol. The summed E-state index contributed by atoms with van der Waals surface area (Å²) < 4.78 is 45.0. The number of nitrogens with one attached hydrogen (secondary N) is 2. The molecule has 3 aliphatic carbocycles. The predicted octanol–water partition coefficient (Wildman–Crippen LogP) is 4.80. The lowest BCUT2D eigenvalue weighted by Crippen LogP contribution is -2.59. The van der Waals surface area contributed by atoms with Crippen molar-refractivity contribution in [2.24, 2.45) is 11.3 Å². The van der Waals surface area contributed by atoms with Gasteiger partial charge in [0.05, 0.1) is 23.8 Å². The standard InChI is InChI=1S/C28H26F3N7O/c1-27-10-20(28(27,30)31)23-21(11-27)35-36-24(23)26(39)34-18-12-33-38(15-18)25(16-5-3-2-4-6-16)17-13-37(14-17)19-7-8-32-22(29)9-19/h2-9,12,15,17,20,25H,10-11,13-14H2,1H3,(H,34,39)(H,35,36)/t20?,25-,27+/m1/s1. The van der Waals surface area contributed by atoms with Crippen LogP contribution in [0.15, 0.2) is 61.1 Å². The van der Waals surface area contributed by atoms with Gasteiger partial charge in [-0.3, -0.25) is 14.6 Å². The highest BCUT2D eigenvalue weighted by molar-refractivity contribution is 6.04. The number of hydrogen-bond donors (Lipinski definition) is 2. The zero-order valence-corrected chi connectivity index (χ0v) is 21.1. The zero-order chi connectivity index (χ0) is 26.9. The van der Waals surface area contributed by atoms with E-state index in [4.69, 9.17) is 0 Å². The Hall–Kier alpha value is -4.15. The lowest BCUT2D eigenvalue weighted by atomic mass is 9.51. The van der Waals surface area contributed by atoms with Crippen LogP contribution >= 0.6 is 0 Å². The van der Waals surface area contributed by atoms with Gasteiger partial charge in [-0.1, -0.05) is 37.3 Å². The Morgan fingerprint density at radius 2 is 2.00 bits per heavy atom. The highest BCUT2D eigenvalue weighted by atomic mass is 19.3. The molecule has 4 aliphatic rings. The van der Waals surface area contributed by atoms with Gasteiger partial charge < -0.3 is 10.2 Å². The number of alkyl halides is 2. The molecule has 39 heavy (non-hydrogen) atoms. The molecule has 3 aromatic heterocycles. The quantitative estimate of drug-likeness (QED) is 0.348. The molecule has 1 saturated heterocycles. The van der Waals surface area contributed by atoms with Crippen LogP contribution in [0.1, 0.15) is 52.6 Å². The van der Waals surface area contributed by atoms with E-state index in [-0.39, 0.29) is 24.1 Å². The summed E-state index contributed by atoms with van der Waals surface area (Å²) >= 11 is 0. The van der Waals surface area contributed by atoms with Gasteiger partial charge in [0.1, 0.15) is 0 Å². The van der Waals surface area contributed by atoms with Crippen LogP contribution in [-0.2, 0) is 6.42 Å². The largest absolute Gasteiger partial charge is 0.370 e. The molecule has 11 heteroatoms. The summed E-state index contributed by atoms with van der Waals surface area (Å²) in [7, 11) is 0. The van der Waals surface area contributed by atoms with Crippen LogP contribution in [0.3, 0.4) is 0 Å². The van der Waals surface area contributed by atoms with Crippen molar-refractivity contribution < 1.29 is 18.0 Å². The number of carbonyl (C=O) groups excluding carboxylic acids is 1. The van der Waals surface area contributed by atoms with E-state index in [2.05, 4.69) is 30.5 Å². The van der Waals surface area contributed by atoms with Crippen molar-refractivity contribution in [3.63, 3.8) is 0 Å². The van der Waals surface area contributed by atoms with Crippen molar-refractivity contribution in [1.29, 1.82) is 0 Å². The second-order valence-electron chi connectivity index (χ2n) is 11.1. The Morgan fingerprint density at radius 1 is 1.21 bits per heavy atom. The number of aromatic amines is 1. The van der Waals surface area contributed by atoms with E-state index >= 15 is 0 Å². The number of anilines is 2. The van der Waals surface area contributed by atoms with Gasteiger partial charge in [-0.2, -0.15) is 14.6 Å². The smallest absolute Gasteiger partial charge is 0.276 e. The molecule has 3 atom stereocenters. The number of nitrogens with zero attached hydrogens (tertiary/aromatic N) is 5. The first-order chi connectivity index (χ1) is 18.7.